The van der Waals surface area contributed by atoms with Crippen LogP contribution in [0.2, 0.25) is 0 Å². The van der Waals surface area contributed by atoms with Gasteiger partial charge in [-0.15, -0.1) is 0 Å². The summed E-state index contributed by atoms with van der Waals surface area (Å²) in [5, 5.41) is 0. The maximum atomic E-state index is 11.9. The van der Waals surface area contributed by atoms with Crippen LogP contribution >= 0.6 is 0 Å². The van der Waals surface area contributed by atoms with E-state index in [9.17, 15) is 4.79 Å². The van der Waals surface area contributed by atoms with Gasteiger partial charge in [-0.05, 0) is 37.4 Å². The third-order valence-electron chi connectivity index (χ3n) is 2.54. The van der Waals surface area contributed by atoms with Crippen LogP contribution in [0.15, 0.2) is 23.1 Å². The number of rotatable bonds is 7. The van der Waals surface area contributed by atoms with E-state index < -0.39 is 0 Å². The summed E-state index contributed by atoms with van der Waals surface area (Å²) in [6, 6.07) is 3.56. The van der Waals surface area contributed by atoms with Gasteiger partial charge in [0.2, 0.25) is 0 Å². The molecule has 0 amide bonds. The maximum absolute atomic E-state index is 11.9. The Morgan fingerprint density at radius 3 is 2.88 bits per heavy atom. The lowest BCUT2D eigenvalue weighted by atomic mass is 10.1. The summed E-state index contributed by atoms with van der Waals surface area (Å²) in [5.74, 6) is 1.02. The van der Waals surface area contributed by atoms with Gasteiger partial charge >= 0.3 is 0 Å². The van der Waals surface area contributed by atoms with E-state index in [1.807, 2.05) is 6.07 Å². The molecule has 0 aromatic carbocycles. The van der Waals surface area contributed by atoms with Crippen molar-refractivity contribution in [3.05, 3.63) is 28.7 Å². The normalized spacial score (nSPS) is 10.8. The number of nitrogens with zero attached hydrogens (tertiary/aromatic N) is 1. The van der Waals surface area contributed by atoms with Crippen LogP contribution in [0.5, 0.6) is 5.75 Å². The lowest BCUT2D eigenvalue weighted by molar-refractivity contribution is 0.283. The Bertz CT molecular complexity index is 385. The second kappa shape index (κ2) is 7.12. The smallest absolute Gasteiger partial charge is 0.292 e. The molecule has 0 aliphatic rings. The summed E-state index contributed by atoms with van der Waals surface area (Å²) in [6.45, 7) is 6.09. The van der Waals surface area contributed by atoms with Gasteiger partial charge in [-0.25, -0.2) is 0 Å². The van der Waals surface area contributed by atoms with Gasteiger partial charge in [0.25, 0.3) is 5.56 Å². The van der Waals surface area contributed by atoms with E-state index in [-0.39, 0.29) is 5.56 Å². The zero-order valence-corrected chi connectivity index (χ0v) is 10.7. The molecule has 4 heteroatoms. The number of ether oxygens (including phenoxy) is 1. The Balaban J connectivity index is 2.63. The molecule has 0 atom stereocenters. The summed E-state index contributed by atoms with van der Waals surface area (Å²) < 4.78 is 7.15. The second-order valence-electron chi connectivity index (χ2n) is 4.54. The first-order valence-corrected chi connectivity index (χ1v) is 6.17. The Hall–Kier alpha value is -1.29. The van der Waals surface area contributed by atoms with Gasteiger partial charge in [-0.1, -0.05) is 13.8 Å². The highest BCUT2D eigenvalue weighted by atomic mass is 16.5. The van der Waals surface area contributed by atoms with Gasteiger partial charge in [0.05, 0.1) is 6.61 Å². The van der Waals surface area contributed by atoms with E-state index in [2.05, 4.69) is 13.8 Å². The fraction of sp³-hybridized carbons (Fsp3) is 0.615. The minimum Gasteiger partial charge on any atom is -0.488 e. The fourth-order valence-electron chi connectivity index (χ4n) is 1.47. The molecule has 96 valence electrons. The number of hydrogen-bond acceptors (Lipinski definition) is 3. The first-order chi connectivity index (χ1) is 8.15. The molecule has 0 spiro atoms. The number of nitrogens with two attached hydrogens (primary N) is 1. The van der Waals surface area contributed by atoms with Crippen molar-refractivity contribution < 1.29 is 4.74 Å². The summed E-state index contributed by atoms with van der Waals surface area (Å²) in [7, 11) is 0. The van der Waals surface area contributed by atoms with Crippen molar-refractivity contribution in [2.75, 3.05) is 13.2 Å². The minimum absolute atomic E-state index is 0.0651. The number of hydrogen-bond donors (Lipinski definition) is 1. The molecule has 0 unspecified atom stereocenters. The molecule has 1 aromatic rings. The molecule has 2 N–H and O–H groups in total. The van der Waals surface area contributed by atoms with Gasteiger partial charge in [-0.2, -0.15) is 0 Å². The zero-order chi connectivity index (χ0) is 12.7. The van der Waals surface area contributed by atoms with Crippen LogP contribution in [-0.4, -0.2) is 17.7 Å². The standard InChI is InChI=1S/C13H22N2O2/c1-11(2)6-10-17-12-5-3-8-15(13(12)16)9-4-7-14/h3,5,8,11H,4,6-7,9-10,14H2,1-2H3. The SMILES string of the molecule is CC(C)CCOc1cccn(CCCN)c1=O. The molecule has 0 aliphatic carbocycles. The van der Waals surface area contributed by atoms with Crippen LogP contribution < -0.4 is 16.0 Å². The zero-order valence-electron chi connectivity index (χ0n) is 10.7. The van der Waals surface area contributed by atoms with E-state index in [4.69, 9.17) is 10.5 Å². The van der Waals surface area contributed by atoms with Crippen molar-refractivity contribution in [3.8, 4) is 5.75 Å². The highest BCUT2D eigenvalue weighted by molar-refractivity contribution is 5.17. The lowest BCUT2D eigenvalue weighted by Gasteiger charge is -2.10. The van der Waals surface area contributed by atoms with Crippen molar-refractivity contribution in [1.82, 2.24) is 4.57 Å². The van der Waals surface area contributed by atoms with Crippen molar-refractivity contribution >= 4 is 0 Å². The van der Waals surface area contributed by atoms with Crippen LogP contribution in [0.1, 0.15) is 26.7 Å². The first-order valence-electron chi connectivity index (χ1n) is 6.17. The van der Waals surface area contributed by atoms with Crippen molar-refractivity contribution in [2.24, 2.45) is 11.7 Å². The molecule has 0 radical (unpaired) electrons. The summed E-state index contributed by atoms with van der Waals surface area (Å²) in [5.41, 5.74) is 5.37. The molecule has 1 rings (SSSR count). The molecular formula is C13H22N2O2. The third-order valence-corrected chi connectivity index (χ3v) is 2.54. The Labute approximate surface area is 102 Å². The van der Waals surface area contributed by atoms with E-state index in [1.165, 1.54) is 0 Å². The highest BCUT2D eigenvalue weighted by Gasteiger charge is 2.04. The summed E-state index contributed by atoms with van der Waals surface area (Å²) >= 11 is 0. The van der Waals surface area contributed by atoms with E-state index in [1.54, 1.807) is 16.8 Å². The quantitative estimate of drug-likeness (QED) is 0.785. The van der Waals surface area contributed by atoms with E-state index in [0.29, 0.717) is 31.4 Å². The van der Waals surface area contributed by atoms with Crippen LogP contribution in [0.3, 0.4) is 0 Å². The number of pyridine rings is 1. The monoisotopic (exact) mass is 238 g/mol. The van der Waals surface area contributed by atoms with Gasteiger partial charge < -0.3 is 15.0 Å². The predicted molar refractivity (Wildman–Crippen MR) is 69.3 cm³/mol. The maximum Gasteiger partial charge on any atom is 0.292 e. The molecule has 17 heavy (non-hydrogen) atoms. The van der Waals surface area contributed by atoms with Gasteiger partial charge in [0, 0.05) is 12.7 Å². The molecule has 0 aliphatic heterocycles. The minimum atomic E-state index is -0.0651. The third kappa shape index (κ3) is 4.61. The molecular weight excluding hydrogens is 216 g/mol. The Morgan fingerprint density at radius 1 is 1.47 bits per heavy atom. The first kappa shape index (κ1) is 13.8. The summed E-state index contributed by atoms with van der Waals surface area (Å²) in [6.07, 6.45) is 3.53. The van der Waals surface area contributed by atoms with Crippen LogP contribution in [0, 0.1) is 5.92 Å². The van der Waals surface area contributed by atoms with Gasteiger partial charge in [0.15, 0.2) is 5.75 Å². The van der Waals surface area contributed by atoms with E-state index >= 15 is 0 Å². The highest BCUT2D eigenvalue weighted by Crippen LogP contribution is 2.05. The number of aromatic nitrogens is 1. The average molecular weight is 238 g/mol. The van der Waals surface area contributed by atoms with Crippen molar-refractivity contribution in [2.45, 2.75) is 33.2 Å². The fourth-order valence-corrected chi connectivity index (χ4v) is 1.47. The number of aryl methyl sites for hydroxylation is 1. The molecule has 1 heterocycles. The molecule has 0 bridgehead atoms. The topological polar surface area (TPSA) is 57.2 Å². The Morgan fingerprint density at radius 2 is 2.24 bits per heavy atom. The molecule has 0 saturated heterocycles. The Kier molecular flexibility index (Phi) is 5.77. The van der Waals surface area contributed by atoms with Gasteiger partial charge in [0.1, 0.15) is 0 Å². The van der Waals surface area contributed by atoms with Crippen LogP contribution in [0.25, 0.3) is 0 Å². The van der Waals surface area contributed by atoms with Crippen molar-refractivity contribution in [3.63, 3.8) is 0 Å². The molecule has 0 fully saturated rings. The molecule has 1 aromatic heterocycles. The van der Waals surface area contributed by atoms with Crippen molar-refractivity contribution in [1.29, 1.82) is 0 Å². The largest absolute Gasteiger partial charge is 0.488 e. The van der Waals surface area contributed by atoms with Crippen LogP contribution in [-0.2, 0) is 6.54 Å². The average Bonchev–Trinajstić information content (AvgIpc) is 2.29. The van der Waals surface area contributed by atoms with Crippen LogP contribution in [0.4, 0.5) is 0 Å². The predicted octanol–water partition coefficient (Wildman–Crippen LogP) is 1.62. The second-order valence-corrected chi connectivity index (χ2v) is 4.54. The molecule has 0 saturated carbocycles. The lowest BCUT2D eigenvalue weighted by Crippen LogP contribution is -2.22. The molecule has 4 nitrogen and oxygen atoms in total. The van der Waals surface area contributed by atoms with E-state index in [0.717, 1.165) is 12.8 Å². The van der Waals surface area contributed by atoms with Gasteiger partial charge in [-0.3, -0.25) is 4.79 Å². The summed E-state index contributed by atoms with van der Waals surface area (Å²) in [4.78, 5) is 11.9.